The Morgan fingerprint density at radius 1 is 1.15 bits per heavy atom. The standard InChI is InChI=1S/C12H15Cl2N3O3/c1-2-20-12(19)16-6-5-15-11(18)17-8-3-4-9(13)10(14)7-8/h3-4,7H,2,5-6H2,1H3,(H,16,19)(H2,15,17,18). The van der Waals surface area contributed by atoms with Crippen LogP contribution in [0.4, 0.5) is 15.3 Å². The summed E-state index contributed by atoms with van der Waals surface area (Å²) in [5.41, 5.74) is 0.523. The van der Waals surface area contributed by atoms with E-state index in [1.165, 1.54) is 0 Å². The lowest BCUT2D eigenvalue weighted by molar-refractivity contribution is 0.152. The first-order valence-corrected chi connectivity index (χ1v) is 6.69. The van der Waals surface area contributed by atoms with Gasteiger partial charge in [-0.2, -0.15) is 0 Å². The molecule has 0 atom stereocenters. The van der Waals surface area contributed by atoms with Gasteiger partial charge in [-0.3, -0.25) is 0 Å². The maximum Gasteiger partial charge on any atom is 0.407 e. The van der Waals surface area contributed by atoms with E-state index in [4.69, 9.17) is 23.2 Å². The van der Waals surface area contributed by atoms with E-state index in [0.717, 1.165) is 0 Å². The number of anilines is 1. The Balaban J connectivity index is 2.26. The molecule has 1 rings (SSSR count). The molecular formula is C12H15Cl2N3O3. The molecular weight excluding hydrogens is 305 g/mol. The third-order valence-electron chi connectivity index (χ3n) is 2.13. The number of urea groups is 1. The molecule has 20 heavy (non-hydrogen) atoms. The van der Waals surface area contributed by atoms with E-state index >= 15 is 0 Å². The van der Waals surface area contributed by atoms with Crippen LogP contribution < -0.4 is 16.0 Å². The van der Waals surface area contributed by atoms with Gasteiger partial charge in [0.25, 0.3) is 0 Å². The number of alkyl carbamates (subject to hydrolysis) is 1. The van der Waals surface area contributed by atoms with Crippen molar-refractivity contribution in [2.45, 2.75) is 6.92 Å². The first kappa shape index (κ1) is 16.4. The zero-order valence-electron chi connectivity index (χ0n) is 10.8. The first-order valence-electron chi connectivity index (χ1n) is 5.93. The van der Waals surface area contributed by atoms with Crippen molar-refractivity contribution < 1.29 is 14.3 Å². The molecule has 0 radical (unpaired) electrons. The Hall–Kier alpha value is -1.66. The van der Waals surface area contributed by atoms with Crippen LogP contribution in [0.3, 0.4) is 0 Å². The van der Waals surface area contributed by atoms with Crippen LogP contribution in [0.25, 0.3) is 0 Å². The van der Waals surface area contributed by atoms with Gasteiger partial charge in [0.2, 0.25) is 0 Å². The van der Waals surface area contributed by atoms with Crippen LogP contribution in [-0.4, -0.2) is 31.8 Å². The maximum absolute atomic E-state index is 11.5. The molecule has 0 aliphatic rings. The SMILES string of the molecule is CCOC(=O)NCCNC(=O)Nc1ccc(Cl)c(Cl)c1. The molecule has 0 saturated carbocycles. The van der Waals surface area contributed by atoms with Crippen LogP contribution >= 0.6 is 23.2 Å². The molecule has 0 aliphatic heterocycles. The highest BCUT2D eigenvalue weighted by molar-refractivity contribution is 6.42. The van der Waals surface area contributed by atoms with Gasteiger partial charge in [0, 0.05) is 18.8 Å². The summed E-state index contributed by atoms with van der Waals surface area (Å²) in [6.45, 7) is 2.55. The van der Waals surface area contributed by atoms with Crippen LogP contribution in [0.1, 0.15) is 6.92 Å². The summed E-state index contributed by atoms with van der Waals surface area (Å²) in [5, 5.41) is 8.40. The normalized spacial score (nSPS) is 9.75. The summed E-state index contributed by atoms with van der Waals surface area (Å²) < 4.78 is 4.66. The number of nitrogens with one attached hydrogen (secondary N) is 3. The van der Waals surface area contributed by atoms with Gasteiger partial charge < -0.3 is 20.7 Å². The van der Waals surface area contributed by atoms with E-state index in [9.17, 15) is 9.59 Å². The monoisotopic (exact) mass is 319 g/mol. The molecule has 1 aromatic rings. The minimum atomic E-state index is -0.515. The molecule has 0 aromatic heterocycles. The van der Waals surface area contributed by atoms with Gasteiger partial charge in [0.15, 0.2) is 0 Å². The van der Waals surface area contributed by atoms with Crippen molar-refractivity contribution in [1.29, 1.82) is 0 Å². The average molecular weight is 320 g/mol. The lowest BCUT2D eigenvalue weighted by Crippen LogP contribution is -2.37. The number of carbonyl (C=O) groups excluding carboxylic acids is 2. The minimum absolute atomic E-state index is 0.270. The second kappa shape index (κ2) is 8.50. The van der Waals surface area contributed by atoms with Crippen LogP contribution in [0.5, 0.6) is 0 Å². The van der Waals surface area contributed by atoms with E-state index in [0.29, 0.717) is 22.3 Å². The number of hydrogen-bond donors (Lipinski definition) is 3. The molecule has 1 aromatic carbocycles. The number of hydrogen-bond acceptors (Lipinski definition) is 3. The van der Waals surface area contributed by atoms with Gasteiger partial charge in [0.05, 0.1) is 16.7 Å². The lowest BCUT2D eigenvalue weighted by atomic mass is 10.3. The largest absolute Gasteiger partial charge is 0.450 e. The Morgan fingerprint density at radius 2 is 1.85 bits per heavy atom. The fraction of sp³-hybridized carbons (Fsp3) is 0.333. The number of ether oxygens (including phenoxy) is 1. The zero-order valence-corrected chi connectivity index (χ0v) is 12.3. The van der Waals surface area contributed by atoms with Crippen molar-refractivity contribution in [3.63, 3.8) is 0 Å². The third-order valence-corrected chi connectivity index (χ3v) is 2.87. The van der Waals surface area contributed by atoms with Gasteiger partial charge in [-0.25, -0.2) is 9.59 Å². The van der Waals surface area contributed by atoms with Crippen molar-refractivity contribution in [2.75, 3.05) is 25.0 Å². The second-order valence-electron chi connectivity index (χ2n) is 3.66. The molecule has 3 amide bonds. The van der Waals surface area contributed by atoms with E-state index < -0.39 is 12.1 Å². The molecule has 0 saturated heterocycles. The number of halogens is 2. The first-order chi connectivity index (χ1) is 9.52. The van der Waals surface area contributed by atoms with Crippen molar-refractivity contribution in [2.24, 2.45) is 0 Å². The predicted molar refractivity (Wildman–Crippen MR) is 78.5 cm³/mol. The van der Waals surface area contributed by atoms with Crippen LogP contribution in [0.2, 0.25) is 10.0 Å². The quantitative estimate of drug-likeness (QED) is 0.730. The molecule has 0 heterocycles. The molecule has 0 spiro atoms. The molecule has 6 nitrogen and oxygen atoms in total. The summed E-state index contributed by atoms with van der Waals surface area (Å²) in [5.74, 6) is 0. The van der Waals surface area contributed by atoms with Crippen LogP contribution in [-0.2, 0) is 4.74 Å². The Labute approximate surface area is 126 Å². The summed E-state index contributed by atoms with van der Waals surface area (Å²) in [4.78, 5) is 22.5. The van der Waals surface area contributed by atoms with Gasteiger partial charge in [-0.15, -0.1) is 0 Å². The van der Waals surface area contributed by atoms with Gasteiger partial charge in [0.1, 0.15) is 0 Å². The Bertz CT molecular complexity index is 483. The summed E-state index contributed by atoms with van der Waals surface area (Å²) in [6, 6.07) is 4.35. The molecule has 0 bridgehead atoms. The van der Waals surface area contributed by atoms with Crippen molar-refractivity contribution in [1.82, 2.24) is 10.6 Å². The number of amides is 3. The predicted octanol–water partition coefficient (Wildman–Crippen LogP) is 2.86. The van der Waals surface area contributed by atoms with Gasteiger partial charge in [-0.05, 0) is 25.1 Å². The highest BCUT2D eigenvalue weighted by atomic mass is 35.5. The second-order valence-corrected chi connectivity index (χ2v) is 4.47. The molecule has 110 valence electrons. The Morgan fingerprint density at radius 3 is 2.50 bits per heavy atom. The van der Waals surface area contributed by atoms with E-state index in [2.05, 4.69) is 20.7 Å². The van der Waals surface area contributed by atoms with Crippen molar-refractivity contribution in [3.8, 4) is 0 Å². The minimum Gasteiger partial charge on any atom is -0.450 e. The molecule has 8 heteroatoms. The van der Waals surface area contributed by atoms with Crippen LogP contribution in [0, 0.1) is 0 Å². The summed E-state index contributed by atoms with van der Waals surface area (Å²) in [6.07, 6.45) is -0.515. The van der Waals surface area contributed by atoms with Crippen molar-refractivity contribution in [3.05, 3.63) is 28.2 Å². The smallest absolute Gasteiger partial charge is 0.407 e. The van der Waals surface area contributed by atoms with Gasteiger partial charge >= 0.3 is 12.1 Å². The molecule has 0 fully saturated rings. The summed E-state index contributed by atoms with van der Waals surface area (Å²) in [7, 11) is 0. The van der Waals surface area contributed by atoms with E-state index in [1.54, 1.807) is 25.1 Å². The van der Waals surface area contributed by atoms with E-state index in [-0.39, 0.29) is 13.1 Å². The average Bonchev–Trinajstić information content (AvgIpc) is 2.39. The highest BCUT2D eigenvalue weighted by Gasteiger charge is 2.04. The molecule has 3 N–H and O–H groups in total. The highest BCUT2D eigenvalue weighted by Crippen LogP contribution is 2.24. The fourth-order valence-corrected chi connectivity index (χ4v) is 1.57. The number of carbonyl (C=O) groups is 2. The third kappa shape index (κ3) is 5.99. The summed E-state index contributed by atoms with van der Waals surface area (Å²) >= 11 is 11.6. The van der Waals surface area contributed by atoms with Crippen molar-refractivity contribution >= 4 is 41.0 Å². The van der Waals surface area contributed by atoms with Gasteiger partial charge in [-0.1, -0.05) is 23.2 Å². The van der Waals surface area contributed by atoms with E-state index in [1.807, 2.05) is 0 Å². The number of benzene rings is 1. The molecule has 0 aliphatic carbocycles. The lowest BCUT2D eigenvalue weighted by Gasteiger charge is -2.09. The topological polar surface area (TPSA) is 79.5 Å². The van der Waals surface area contributed by atoms with Crippen LogP contribution in [0.15, 0.2) is 18.2 Å². The maximum atomic E-state index is 11.5. The Kier molecular flexibility index (Phi) is 6.97. The number of rotatable bonds is 5. The fourth-order valence-electron chi connectivity index (χ4n) is 1.27. The zero-order chi connectivity index (χ0) is 15.0. The molecule has 0 unspecified atom stereocenters.